The summed E-state index contributed by atoms with van der Waals surface area (Å²) in [6.45, 7) is 4.39. The Bertz CT molecular complexity index is 1040. The molecule has 0 aromatic rings. The molecule has 0 saturated carbocycles. The van der Waals surface area contributed by atoms with Gasteiger partial charge in [-0.2, -0.15) is 0 Å². The molecule has 0 aromatic heterocycles. The lowest BCUT2D eigenvalue weighted by atomic mass is 10.0. The van der Waals surface area contributed by atoms with Gasteiger partial charge in [0.15, 0.2) is 0 Å². The predicted molar refractivity (Wildman–Crippen MR) is 318 cm³/mol. The van der Waals surface area contributed by atoms with Gasteiger partial charge in [-0.15, -0.1) is 0 Å². The van der Waals surface area contributed by atoms with Crippen LogP contribution in [0.1, 0.15) is 380 Å². The van der Waals surface area contributed by atoms with Gasteiger partial charge in [0.1, 0.15) is 0 Å². The van der Waals surface area contributed by atoms with E-state index in [-0.39, 0.29) is 12.5 Å². The lowest BCUT2D eigenvalue weighted by Gasteiger charge is -2.22. The fraction of sp³-hybridized carbons (Fsp3) is 0.925. The molecule has 0 aromatic carbocycles. The Morgan fingerprint density at radius 3 is 0.845 bits per heavy atom. The van der Waals surface area contributed by atoms with Crippen LogP contribution in [0.2, 0.25) is 0 Å². The molecule has 0 bridgehead atoms. The first kappa shape index (κ1) is 69.9. The number of unbranched alkanes of at least 4 members (excludes halogenated alkanes) is 51. The zero-order valence-electron chi connectivity index (χ0n) is 48.8. The summed E-state index contributed by atoms with van der Waals surface area (Å²) in [5, 5.41) is 23.4. The third-order valence-corrected chi connectivity index (χ3v) is 15.7. The lowest BCUT2D eigenvalue weighted by molar-refractivity contribution is -0.123. The van der Waals surface area contributed by atoms with Gasteiger partial charge < -0.3 is 15.5 Å². The van der Waals surface area contributed by atoms with Crippen LogP contribution in [0, 0.1) is 0 Å². The maximum Gasteiger partial charge on any atom is 0.220 e. The summed E-state index contributed by atoms with van der Waals surface area (Å²) in [5.74, 6) is -0.0234. The summed E-state index contributed by atoms with van der Waals surface area (Å²) >= 11 is 0. The van der Waals surface area contributed by atoms with E-state index >= 15 is 0 Å². The topological polar surface area (TPSA) is 69.6 Å². The van der Waals surface area contributed by atoms with Crippen molar-refractivity contribution in [2.45, 2.75) is 392 Å². The van der Waals surface area contributed by atoms with Crippen LogP contribution in [-0.2, 0) is 4.79 Å². The molecule has 4 nitrogen and oxygen atoms in total. The maximum atomic E-state index is 12.5. The van der Waals surface area contributed by atoms with Gasteiger partial charge >= 0.3 is 0 Å². The molecule has 0 radical (unpaired) electrons. The van der Waals surface area contributed by atoms with Crippen LogP contribution < -0.4 is 5.32 Å². The van der Waals surface area contributed by atoms with E-state index in [1.807, 2.05) is 0 Å². The molecule has 4 heteroatoms. The van der Waals surface area contributed by atoms with E-state index in [9.17, 15) is 15.0 Å². The summed E-state index contributed by atoms with van der Waals surface area (Å²) in [6, 6.07) is -0.536. The number of hydrogen-bond acceptors (Lipinski definition) is 3. The third kappa shape index (κ3) is 59.6. The lowest BCUT2D eigenvalue weighted by Crippen LogP contribution is -2.45. The van der Waals surface area contributed by atoms with Gasteiger partial charge in [0, 0.05) is 6.42 Å². The van der Waals surface area contributed by atoms with E-state index < -0.39 is 12.1 Å². The molecule has 0 fully saturated rings. The molecule has 0 heterocycles. The molecule has 71 heavy (non-hydrogen) atoms. The monoisotopic (exact) mass is 998 g/mol. The van der Waals surface area contributed by atoms with E-state index in [1.165, 1.54) is 321 Å². The molecular weight excluding hydrogens is 867 g/mol. The average Bonchev–Trinajstić information content (AvgIpc) is 3.37. The average molecular weight is 999 g/mol. The van der Waals surface area contributed by atoms with E-state index in [2.05, 4.69) is 43.5 Å². The van der Waals surface area contributed by atoms with Crippen molar-refractivity contribution in [1.82, 2.24) is 5.32 Å². The minimum Gasteiger partial charge on any atom is -0.394 e. The van der Waals surface area contributed by atoms with Gasteiger partial charge in [-0.1, -0.05) is 353 Å². The number of nitrogens with one attached hydrogen (secondary N) is 1. The fourth-order valence-electron chi connectivity index (χ4n) is 10.7. The standard InChI is InChI=1S/C67H131NO3/c1-3-5-7-9-11-13-15-17-19-21-23-25-27-29-31-33-35-36-38-40-42-44-46-48-50-52-54-56-58-60-62-66(70)65(64-69)68-67(71)63-61-59-57-55-53-51-49-47-45-43-41-39-37-34-32-30-28-26-24-22-20-18-16-14-12-10-8-6-4-2/h16,18,22,24,65-66,69-70H,3-15,17,19-21,23,25-64H2,1-2H3,(H,68,71)/b18-16-,24-22-. The molecule has 0 aliphatic carbocycles. The van der Waals surface area contributed by atoms with Crippen LogP contribution in [0.25, 0.3) is 0 Å². The van der Waals surface area contributed by atoms with Crippen LogP contribution >= 0.6 is 0 Å². The van der Waals surface area contributed by atoms with Crippen molar-refractivity contribution in [2.24, 2.45) is 0 Å². The highest BCUT2D eigenvalue weighted by molar-refractivity contribution is 5.76. The largest absolute Gasteiger partial charge is 0.394 e. The van der Waals surface area contributed by atoms with E-state index in [0.29, 0.717) is 12.8 Å². The third-order valence-electron chi connectivity index (χ3n) is 15.7. The summed E-state index contributed by atoms with van der Waals surface area (Å²) in [4.78, 5) is 12.5. The Morgan fingerprint density at radius 1 is 0.338 bits per heavy atom. The number of carbonyl (C=O) groups excluding carboxylic acids is 1. The molecule has 2 atom stereocenters. The van der Waals surface area contributed by atoms with Crippen molar-refractivity contribution < 1.29 is 15.0 Å². The minimum atomic E-state index is -0.659. The highest BCUT2D eigenvalue weighted by atomic mass is 16.3. The van der Waals surface area contributed by atoms with Crippen molar-refractivity contribution >= 4 is 5.91 Å². The molecule has 0 saturated heterocycles. The molecular formula is C67H131NO3. The summed E-state index contributed by atoms with van der Waals surface area (Å²) in [6.07, 6.45) is 85.0. The van der Waals surface area contributed by atoms with Gasteiger partial charge in [-0.05, 0) is 44.9 Å². The zero-order chi connectivity index (χ0) is 51.3. The van der Waals surface area contributed by atoms with Crippen LogP contribution in [0.15, 0.2) is 24.3 Å². The van der Waals surface area contributed by atoms with E-state index in [1.54, 1.807) is 0 Å². The normalized spacial score (nSPS) is 12.8. The molecule has 0 aliphatic heterocycles. The molecule has 1 amide bonds. The molecule has 0 spiro atoms. The summed E-state index contributed by atoms with van der Waals surface area (Å²) < 4.78 is 0. The van der Waals surface area contributed by atoms with Gasteiger partial charge in [-0.25, -0.2) is 0 Å². The number of amides is 1. The Morgan fingerprint density at radius 2 is 0.577 bits per heavy atom. The highest BCUT2D eigenvalue weighted by Crippen LogP contribution is 2.19. The fourth-order valence-corrected chi connectivity index (χ4v) is 10.7. The van der Waals surface area contributed by atoms with Crippen molar-refractivity contribution in [1.29, 1.82) is 0 Å². The number of aliphatic hydroxyl groups excluding tert-OH is 2. The number of rotatable bonds is 62. The van der Waals surface area contributed by atoms with Crippen LogP contribution in [0.3, 0.4) is 0 Å². The van der Waals surface area contributed by atoms with E-state index in [0.717, 1.165) is 32.1 Å². The summed E-state index contributed by atoms with van der Waals surface area (Å²) in [7, 11) is 0. The number of aliphatic hydroxyl groups is 2. The first-order chi connectivity index (χ1) is 35.2. The number of carbonyl (C=O) groups is 1. The smallest absolute Gasteiger partial charge is 0.220 e. The van der Waals surface area contributed by atoms with Crippen LogP contribution in [0.4, 0.5) is 0 Å². The Balaban J connectivity index is 3.39. The molecule has 2 unspecified atom stereocenters. The van der Waals surface area contributed by atoms with Crippen molar-refractivity contribution in [3.05, 3.63) is 24.3 Å². The highest BCUT2D eigenvalue weighted by Gasteiger charge is 2.20. The second-order valence-electron chi connectivity index (χ2n) is 22.9. The quantitative estimate of drug-likeness (QED) is 0.0420. The Hall–Kier alpha value is -1.13. The second kappa shape index (κ2) is 63.2. The van der Waals surface area contributed by atoms with Gasteiger partial charge in [0.05, 0.1) is 18.8 Å². The number of allylic oxidation sites excluding steroid dienone is 4. The maximum absolute atomic E-state index is 12.5. The SMILES string of the molecule is CCCCCCC/C=C\C/C=C\CCCCCCCCCCCCCCCCCCCC(=O)NC(CO)C(O)CCCCCCCCCCCCCCCCCCCCCCCCCCCCCCCC. The molecule has 422 valence electrons. The predicted octanol–water partition coefficient (Wildman–Crippen LogP) is 22.2. The van der Waals surface area contributed by atoms with Crippen molar-refractivity contribution in [3.63, 3.8) is 0 Å². The Kier molecular flexibility index (Phi) is 62.2. The first-order valence-corrected chi connectivity index (χ1v) is 33.0. The van der Waals surface area contributed by atoms with Gasteiger partial charge in [0.2, 0.25) is 5.91 Å². The van der Waals surface area contributed by atoms with Crippen molar-refractivity contribution in [2.75, 3.05) is 6.61 Å². The molecule has 3 N–H and O–H groups in total. The van der Waals surface area contributed by atoms with Crippen molar-refractivity contribution in [3.8, 4) is 0 Å². The number of hydrogen-bond donors (Lipinski definition) is 3. The van der Waals surface area contributed by atoms with Gasteiger partial charge in [-0.3, -0.25) is 4.79 Å². The zero-order valence-corrected chi connectivity index (χ0v) is 48.8. The second-order valence-corrected chi connectivity index (χ2v) is 22.9. The van der Waals surface area contributed by atoms with E-state index in [4.69, 9.17) is 0 Å². The molecule has 0 rings (SSSR count). The van der Waals surface area contributed by atoms with Crippen LogP contribution in [-0.4, -0.2) is 34.9 Å². The van der Waals surface area contributed by atoms with Gasteiger partial charge in [0.25, 0.3) is 0 Å². The summed E-state index contributed by atoms with van der Waals surface area (Å²) in [5.41, 5.74) is 0. The first-order valence-electron chi connectivity index (χ1n) is 33.0. The minimum absolute atomic E-state index is 0.0234. The Labute approximate surface area is 447 Å². The molecule has 0 aliphatic rings. The van der Waals surface area contributed by atoms with Crippen LogP contribution in [0.5, 0.6) is 0 Å².